The Morgan fingerprint density at radius 3 is 2.64 bits per heavy atom. The van der Waals surface area contributed by atoms with Gasteiger partial charge in [-0.1, -0.05) is 35.3 Å². The number of nitrogens with zero attached hydrogens (tertiary/aromatic N) is 1. The zero-order valence-electron chi connectivity index (χ0n) is 17.3. The maximum absolute atomic E-state index is 12.6. The molecule has 2 aromatic carbocycles. The molecule has 1 saturated heterocycles. The topological polar surface area (TPSA) is 102 Å². The largest absolute Gasteiger partial charge is 0.483 e. The molecular formula is C22H18Cl2N2O6S. The van der Waals surface area contributed by atoms with Crippen LogP contribution in [0.25, 0.3) is 6.08 Å². The normalized spacial score (nSPS) is 14.5. The van der Waals surface area contributed by atoms with Crippen molar-refractivity contribution in [1.82, 2.24) is 4.90 Å². The number of thioether (sulfide) groups is 1. The minimum absolute atomic E-state index is 0.0805. The number of ether oxygens (including phenoxy) is 2. The molecule has 11 heteroatoms. The van der Waals surface area contributed by atoms with Gasteiger partial charge in [0.15, 0.2) is 6.61 Å². The van der Waals surface area contributed by atoms with Crippen molar-refractivity contribution in [2.75, 3.05) is 25.1 Å². The van der Waals surface area contributed by atoms with Gasteiger partial charge in [-0.15, -0.1) is 0 Å². The third-order valence-electron chi connectivity index (χ3n) is 4.23. The molecule has 0 atom stereocenters. The van der Waals surface area contributed by atoms with Crippen LogP contribution in [0, 0.1) is 0 Å². The monoisotopic (exact) mass is 508 g/mol. The van der Waals surface area contributed by atoms with E-state index in [-0.39, 0.29) is 23.9 Å². The molecule has 0 aromatic heterocycles. The quantitative estimate of drug-likeness (QED) is 0.410. The summed E-state index contributed by atoms with van der Waals surface area (Å²) < 4.78 is 10.4. The number of nitrogens with one attached hydrogen (secondary N) is 1. The van der Waals surface area contributed by atoms with Crippen molar-refractivity contribution in [3.05, 3.63) is 63.0 Å². The summed E-state index contributed by atoms with van der Waals surface area (Å²) >= 11 is 12.8. The Bertz CT molecular complexity index is 1140. The third-order valence-corrected chi connectivity index (χ3v) is 5.70. The van der Waals surface area contributed by atoms with E-state index in [0.29, 0.717) is 33.1 Å². The van der Waals surface area contributed by atoms with Crippen LogP contribution in [0.5, 0.6) is 5.75 Å². The lowest BCUT2D eigenvalue weighted by atomic mass is 10.2. The first-order valence-corrected chi connectivity index (χ1v) is 11.2. The molecule has 0 saturated carbocycles. The first-order valence-electron chi connectivity index (χ1n) is 9.66. The van der Waals surface area contributed by atoms with Crippen molar-refractivity contribution in [3.8, 4) is 5.75 Å². The van der Waals surface area contributed by atoms with Crippen LogP contribution in [0.3, 0.4) is 0 Å². The van der Waals surface area contributed by atoms with E-state index >= 15 is 0 Å². The number of para-hydroxylation sites is 1. The Labute approximate surface area is 203 Å². The van der Waals surface area contributed by atoms with Gasteiger partial charge in [-0.2, -0.15) is 0 Å². The molecule has 1 fully saturated rings. The van der Waals surface area contributed by atoms with Gasteiger partial charge in [0.05, 0.1) is 22.2 Å². The molecule has 0 radical (unpaired) electrons. The number of carbonyl (C=O) groups is 4. The maximum Gasteiger partial charge on any atom is 0.326 e. The van der Waals surface area contributed by atoms with Crippen LogP contribution in [0.2, 0.25) is 10.0 Å². The molecule has 3 amide bonds. The number of benzene rings is 2. The Hall–Kier alpha value is -3.01. The first-order chi connectivity index (χ1) is 15.8. The Kier molecular flexibility index (Phi) is 8.37. The Balaban J connectivity index is 1.73. The molecule has 0 aliphatic carbocycles. The predicted octanol–water partition coefficient (Wildman–Crippen LogP) is 4.61. The fourth-order valence-corrected chi connectivity index (χ4v) is 3.96. The highest BCUT2D eigenvalue weighted by molar-refractivity contribution is 8.18. The van der Waals surface area contributed by atoms with Gasteiger partial charge < -0.3 is 14.8 Å². The zero-order chi connectivity index (χ0) is 24.0. The van der Waals surface area contributed by atoms with Crippen LogP contribution in [0.15, 0.2) is 47.4 Å². The summed E-state index contributed by atoms with van der Waals surface area (Å²) in [5.41, 5.74) is 0.828. The van der Waals surface area contributed by atoms with Gasteiger partial charge in [0.25, 0.3) is 17.1 Å². The smallest absolute Gasteiger partial charge is 0.326 e. The third kappa shape index (κ3) is 6.50. The van der Waals surface area contributed by atoms with Gasteiger partial charge in [-0.3, -0.25) is 24.1 Å². The molecule has 1 heterocycles. The van der Waals surface area contributed by atoms with Gasteiger partial charge in [0.1, 0.15) is 12.3 Å². The second-order valence-corrected chi connectivity index (χ2v) is 8.41. The summed E-state index contributed by atoms with van der Waals surface area (Å²) in [4.78, 5) is 49.6. The molecule has 3 rings (SSSR count). The second-order valence-electron chi connectivity index (χ2n) is 6.57. The standard InChI is InChI=1S/C22H18Cl2N2O6S/c1-2-31-20(28)11-26-21(29)18(33-22(26)30)10-13-9-14(23)7-8-17(13)32-12-19(27)25-16-6-4-3-5-15(16)24/h3-10H,2,11-12H2,1H3,(H,25,27)/b18-10-. The minimum atomic E-state index is -0.683. The Morgan fingerprint density at radius 2 is 1.91 bits per heavy atom. The van der Waals surface area contributed by atoms with Crippen molar-refractivity contribution >= 4 is 69.8 Å². The summed E-state index contributed by atoms with van der Waals surface area (Å²) in [6.07, 6.45) is 1.42. The molecule has 0 unspecified atom stereocenters. The van der Waals surface area contributed by atoms with E-state index in [1.165, 1.54) is 12.1 Å². The van der Waals surface area contributed by atoms with Gasteiger partial charge in [0, 0.05) is 10.6 Å². The molecule has 8 nitrogen and oxygen atoms in total. The number of amides is 3. The number of hydrogen-bond donors (Lipinski definition) is 1. The van der Waals surface area contributed by atoms with Crippen LogP contribution in [0.1, 0.15) is 12.5 Å². The average Bonchev–Trinajstić information content (AvgIpc) is 3.02. The van der Waals surface area contributed by atoms with Crippen molar-refractivity contribution in [3.63, 3.8) is 0 Å². The highest BCUT2D eigenvalue weighted by atomic mass is 35.5. The van der Waals surface area contributed by atoms with Crippen molar-refractivity contribution in [1.29, 1.82) is 0 Å². The molecular weight excluding hydrogens is 491 g/mol. The summed E-state index contributed by atoms with van der Waals surface area (Å²) in [6.45, 7) is 0.953. The molecule has 1 aliphatic heterocycles. The minimum Gasteiger partial charge on any atom is -0.483 e. The van der Waals surface area contributed by atoms with E-state index in [1.54, 1.807) is 43.3 Å². The van der Waals surface area contributed by atoms with Crippen molar-refractivity contribution < 1.29 is 28.7 Å². The molecule has 1 N–H and O–H groups in total. The number of anilines is 1. The molecule has 0 spiro atoms. The van der Waals surface area contributed by atoms with Crippen LogP contribution in [0.4, 0.5) is 10.5 Å². The lowest BCUT2D eigenvalue weighted by molar-refractivity contribution is -0.146. The van der Waals surface area contributed by atoms with Gasteiger partial charge in [-0.05, 0) is 55.1 Å². The Morgan fingerprint density at radius 1 is 1.15 bits per heavy atom. The molecule has 0 bridgehead atoms. The van der Waals surface area contributed by atoms with E-state index < -0.39 is 29.6 Å². The van der Waals surface area contributed by atoms with E-state index in [0.717, 1.165) is 4.90 Å². The summed E-state index contributed by atoms with van der Waals surface area (Å²) in [7, 11) is 0. The number of halogens is 2. The number of rotatable bonds is 8. The number of imide groups is 1. The van der Waals surface area contributed by atoms with E-state index in [2.05, 4.69) is 5.32 Å². The summed E-state index contributed by atoms with van der Waals surface area (Å²) in [5.74, 6) is -1.50. The van der Waals surface area contributed by atoms with Crippen LogP contribution < -0.4 is 10.1 Å². The number of hydrogen-bond acceptors (Lipinski definition) is 7. The molecule has 33 heavy (non-hydrogen) atoms. The fraction of sp³-hybridized carbons (Fsp3) is 0.182. The highest BCUT2D eigenvalue weighted by Gasteiger charge is 2.36. The van der Waals surface area contributed by atoms with Crippen molar-refractivity contribution in [2.24, 2.45) is 0 Å². The first kappa shape index (κ1) is 24.6. The fourth-order valence-electron chi connectivity index (χ4n) is 2.77. The average molecular weight is 509 g/mol. The summed E-state index contributed by atoms with van der Waals surface area (Å²) in [6, 6.07) is 11.4. The predicted molar refractivity (Wildman–Crippen MR) is 126 cm³/mol. The SMILES string of the molecule is CCOC(=O)CN1C(=O)S/C(=C\c2cc(Cl)ccc2OCC(=O)Nc2ccccc2Cl)C1=O. The van der Waals surface area contributed by atoms with Gasteiger partial charge in [0.2, 0.25) is 0 Å². The van der Waals surface area contributed by atoms with Crippen molar-refractivity contribution in [2.45, 2.75) is 6.92 Å². The van der Waals surface area contributed by atoms with Crippen LogP contribution in [-0.4, -0.2) is 47.7 Å². The van der Waals surface area contributed by atoms with E-state index in [1.807, 2.05) is 0 Å². The zero-order valence-corrected chi connectivity index (χ0v) is 19.6. The maximum atomic E-state index is 12.6. The number of esters is 1. The number of carbonyl (C=O) groups excluding carboxylic acids is 4. The highest BCUT2D eigenvalue weighted by Crippen LogP contribution is 2.34. The lowest BCUT2D eigenvalue weighted by Gasteiger charge is -2.12. The summed E-state index contributed by atoms with van der Waals surface area (Å²) in [5, 5.41) is 2.79. The second kappa shape index (κ2) is 11.2. The lowest BCUT2D eigenvalue weighted by Crippen LogP contribution is -2.34. The molecule has 1 aliphatic rings. The van der Waals surface area contributed by atoms with Crippen LogP contribution in [-0.2, 0) is 19.1 Å². The molecule has 2 aromatic rings. The van der Waals surface area contributed by atoms with E-state index in [9.17, 15) is 19.2 Å². The van der Waals surface area contributed by atoms with E-state index in [4.69, 9.17) is 32.7 Å². The molecule has 172 valence electrons. The van der Waals surface area contributed by atoms with Gasteiger partial charge in [-0.25, -0.2) is 0 Å². The van der Waals surface area contributed by atoms with Crippen LogP contribution >= 0.6 is 35.0 Å². The van der Waals surface area contributed by atoms with Gasteiger partial charge >= 0.3 is 5.97 Å².